The third-order valence-corrected chi connectivity index (χ3v) is 11.2. The van der Waals surface area contributed by atoms with Crippen molar-refractivity contribution >= 4 is 17.9 Å². The molecule has 0 amide bonds. The standard InChI is InChI=1S/C60H98O6/c1-4-7-10-13-16-19-22-25-28-29-30-31-33-35-38-41-44-47-50-53-59(62)65-56-57(55-64-58(61)52-49-46-43-40-37-34-27-24-21-18-15-12-9-6-3)66-60(63)54-51-48-45-42-39-36-32-26-23-20-17-14-11-8-5-2/h7-8,10-11,14,16-17,19-20,23,25-26,28,30-32,36,39,57H,4-6,9,12-13,15,18,21-22,24,27,29,33-35,37-38,40-56H2,1-3H3/b10-7-,11-8-,17-14-,19-16-,23-20-,28-25-,31-30-,32-26-,39-36-. The zero-order chi connectivity index (χ0) is 47.9. The van der Waals surface area contributed by atoms with Gasteiger partial charge >= 0.3 is 17.9 Å². The average Bonchev–Trinajstić information content (AvgIpc) is 3.31. The summed E-state index contributed by atoms with van der Waals surface area (Å²) in [6.45, 7) is 6.33. The highest BCUT2D eigenvalue weighted by molar-refractivity contribution is 5.71. The summed E-state index contributed by atoms with van der Waals surface area (Å²) in [4.78, 5) is 38.1. The van der Waals surface area contributed by atoms with Crippen molar-refractivity contribution in [3.05, 3.63) is 109 Å². The number of hydrogen-bond donors (Lipinski definition) is 0. The SMILES string of the molecule is CC\C=C/C=C\C=C/C=C\C=C/CCCCCC(=O)OC(COC(=O)CCCCCCCC/C=C\C/C=C\C/C=C\C/C=C\CC)COC(=O)CCCCCCCCCCCCCCCC. The molecule has 0 bridgehead atoms. The molecule has 0 aliphatic carbocycles. The Balaban J connectivity index is 4.48. The molecule has 6 nitrogen and oxygen atoms in total. The second-order valence-corrected chi connectivity index (χ2v) is 17.5. The number of carbonyl (C=O) groups is 3. The van der Waals surface area contributed by atoms with Crippen molar-refractivity contribution in [3.63, 3.8) is 0 Å². The van der Waals surface area contributed by atoms with Crippen LogP contribution < -0.4 is 0 Å². The highest BCUT2D eigenvalue weighted by Gasteiger charge is 2.19. The van der Waals surface area contributed by atoms with Gasteiger partial charge in [0.25, 0.3) is 0 Å². The van der Waals surface area contributed by atoms with E-state index in [9.17, 15) is 14.4 Å². The molecule has 66 heavy (non-hydrogen) atoms. The lowest BCUT2D eigenvalue weighted by Gasteiger charge is -2.18. The monoisotopic (exact) mass is 915 g/mol. The van der Waals surface area contributed by atoms with Crippen molar-refractivity contribution in [2.75, 3.05) is 13.2 Å². The molecule has 0 fully saturated rings. The predicted molar refractivity (Wildman–Crippen MR) is 283 cm³/mol. The molecule has 6 heteroatoms. The van der Waals surface area contributed by atoms with Crippen LogP contribution in [0.1, 0.15) is 233 Å². The van der Waals surface area contributed by atoms with E-state index in [1.807, 2.05) is 48.6 Å². The third-order valence-electron chi connectivity index (χ3n) is 11.2. The van der Waals surface area contributed by atoms with Gasteiger partial charge in [-0.2, -0.15) is 0 Å². The van der Waals surface area contributed by atoms with Crippen molar-refractivity contribution in [3.8, 4) is 0 Å². The third kappa shape index (κ3) is 51.1. The predicted octanol–water partition coefficient (Wildman–Crippen LogP) is 17.9. The van der Waals surface area contributed by atoms with Gasteiger partial charge in [-0.05, 0) is 77.0 Å². The molecule has 1 atom stereocenters. The first-order valence-corrected chi connectivity index (χ1v) is 27.0. The Morgan fingerprint density at radius 1 is 0.333 bits per heavy atom. The van der Waals surface area contributed by atoms with Crippen LogP contribution in [0.3, 0.4) is 0 Å². The zero-order valence-corrected chi connectivity index (χ0v) is 42.7. The van der Waals surface area contributed by atoms with Gasteiger partial charge in [-0.25, -0.2) is 0 Å². The maximum atomic E-state index is 12.8. The number of hydrogen-bond acceptors (Lipinski definition) is 6. The van der Waals surface area contributed by atoms with Crippen LogP contribution in [-0.4, -0.2) is 37.2 Å². The van der Waals surface area contributed by atoms with Gasteiger partial charge in [-0.1, -0.05) is 246 Å². The summed E-state index contributed by atoms with van der Waals surface area (Å²) >= 11 is 0. The van der Waals surface area contributed by atoms with Crippen molar-refractivity contribution in [1.29, 1.82) is 0 Å². The number of rotatable bonds is 47. The number of carbonyl (C=O) groups excluding carboxylic acids is 3. The summed E-state index contributed by atoms with van der Waals surface area (Å²) in [5.74, 6) is -0.958. The summed E-state index contributed by atoms with van der Waals surface area (Å²) in [5.41, 5.74) is 0. The molecule has 374 valence electrons. The maximum absolute atomic E-state index is 12.8. The minimum Gasteiger partial charge on any atom is -0.462 e. The van der Waals surface area contributed by atoms with Gasteiger partial charge in [0.05, 0.1) is 0 Å². The molecule has 0 aromatic rings. The van der Waals surface area contributed by atoms with Gasteiger partial charge in [-0.15, -0.1) is 0 Å². The molecule has 0 saturated carbocycles. The number of ether oxygens (including phenoxy) is 3. The first-order chi connectivity index (χ1) is 32.5. The molecule has 0 N–H and O–H groups in total. The minimum absolute atomic E-state index is 0.100. The van der Waals surface area contributed by atoms with Gasteiger partial charge in [-0.3, -0.25) is 14.4 Å². The van der Waals surface area contributed by atoms with Crippen LogP contribution in [0.2, 0.25) is 0 Å². The molecular formula is C60H98O6. The van der Waals surface area contributed by atoms with Gasteiger partial charge in [0.15, 0.2) is 6.10 Å². The topological polar surface area (TPSA) is 78.9 Å². The number of allylic oxidation sites excluding steroid dienone is 18. The second-order valence-electron chi connectivity index (χ2n) is 17.5. The first-order valence-electron chi connectivity index (χ1n) is 27.0. The van der Waals surface area contributed by atoms with E-state index < -0.39 is 6.10 Å². The van der Waals surface area contributed by atoms with E-state index in [1.165, 1.54) is 83.5 Å². The molecule has 0 radical (unpaired) electrons. The Hall–Kier alpha value is -3.93. The van der Waals surface area contributed by atoms with Crippen LogP contribution >= 0.6 is 0 Å². The fourth-order valence-electron chi connectivity index (χ4n) is 7.16. The Kier molecular flexibility index (Phi) is 50.5. The fraction of sp³-hybridized carbons (Fsp3) is 0.650. The summed E-state index contributed by atoms with van der Waals surface area (Å²) in [5, 5.41) is 0. The second kappa shape index (κ2) is 53.7. The van der Waals surface area contributed by atoms with E-state index in [0.717, 1.165) is 103 Å². The van der Waals surface area contributed by atoms with Gasteiger partial charge < -0.3 is 14.2 Å². The lowest BCUT2D eigenvalue weighted by molar-refractivity contribution is -0.167. The normalized spacial score (nSPS) is 13.0. The Bertz CT molecular complexity index is 1370. The minimum atomic E-state index is -0.806. The van der Waals surface area contributed by atoms with Crippen molar-refractivity contribution in [2.24, 2.45) is 0 Å². The Labute approximate surface area is 406 Å². The molecule has 0 aliphatic heterocycles. The molecule has 0 rings (SSSR count). The Morgan fingerprint density at radius 3 is 1.12 bits per heavy atom. The molecule has 0 heterocycles. The average molecular weight is 915 g/mol. The molecule has 0 aliphatic rings. The van der Waals surface area contributed by atoms with Crippen molar-refractivity contribution < 1.29 is 28.6 Å². The summed E-state index contributed by atoms with van der Waals surface area (Å²) in [6, 6.07) is 0. The van der Waals surface area contributed by atoms with E-state index in [2.05, 4.69) is 81.5 Å². The highest BCUT2D eigenvalue weighted by atomic mass is 16.6. The summed E-state index contributed by atoms with van der Waals surface area (Å²) < 4.78 is 16.8. The van der Waals surface area contributed by atoms with E-state index >= 15 is 0 Å². The smallest absolute Gasteiger partial charge is 0.306 e. The largest absolute Gasteiger partial charge is 0.462 e. The van der Waals surface area contributed by atoms with Crippen LogP contribution in [0.25, 0.3) is 0 Å². The van der Waals surface area contributed by atoms with Crippen molar-refractivity contribution in [2.45, 2.75) is 239 Å². The number of esters is 3. The maximum Gasteiger partial charge on any atom is 0.306 e. The molecule has 0 spiro atoms. The quantitative estimate of drug-likeness (QED) is 0.0199. The zero-order valence-electron chi connectivity index (χ0n) is 42.7. The van der Waals surface area contributed by atoms with Crippen LogP contribution in [0.4, 0.5) is 0 Å². The van der Waals surface area contributed by atoms with Crippen molar-refractivity contribution in [1.82, 2.24) is 0 Å². The first kappa shape index (κ1) is 62.1. The van der Waals surface area contributed by atoms with Crippen LogP contribution in [0.5, 0.6) is 0 Å². The van der Waals surface area contributed by atoms with Crippen LogP contribution in [0.15, 0.2) is 109 Å². The van der Waals surface area contributed by atoms with Gasteiger partial charge in [0, 0.05) is 19.3 Å². The summed E-state index contributed by atoms with van der Waals surface area (Å²) in [7, 11) is 0. The Morgan fingerprint density at radius 2 is 0.667 bits per heavy atom. The lowest BCUT2D eigenvalue weighted by atomic mass is 10.0. The summed E-state index contributed by atoms with van der Waals surface area (Å²) in [6.07, 6.45) is 72.1. The molecule has 0 aromatic carbocycles. The molecule has 0 aromatic heterocycles. The van der Waals surface area contributed by atoms with E-state index in [-0.39, 0.29) is 37.5 Å². The number of unbranched alkanes of at least 4 members (excludes halogenated alkanes) is 22. The van der Waals surface area contributed by atoms with Crippen LogP contribution in [-0.2, 0) is 28.6 Å². The van der Waals surface area contributed by atoms with Gasteiger partial charge in [0.1, 0.15) is 13.2 Å². The highest BCUT2D eigenvalue weighted by Crippen LogP contribution is 2.15. The molecule has 0 saturated heterocycles. The fourth-order valence-corrected chi connectivity index (χ4v) is 7.16. The van der Waals surface area contributed by atoms with Gasteiger partial charge in [0.2, 0.25) is 0 Å². The molecular weight excluding hydrogens is 817 g/mol. The van der Waals surface area contributed by atoms with E-state index in [1.54, 1.807) is 0 Å². The molecule has 1 unspecified atom stereocenters. The van der Waals surface area contributed by atoms with E-state index in [4.69, 9.17) is 14.2 Å². The van der Waals surface area contributed by atoms with Crippen LogP contribution in [0, 0.1) is 0 Å². The lowest BCUT2D eigenvalue weighted by Crippen LogP contribution is -2.30. The van der Waals surface area contributed by atoms with E-state index in [0.29, 0.717) is 19.3 Å².